The fourth-order valence-electron chi connectivity index (χ4n) is 3.28. The van der Waals surface area contributed by atoms with E-state index in [1.807, 2.05) is 0 Å². The Hall–Kier alpha value is -1.10. The topological polar surface area (TPSA) is 66.8 Å². The molecule has 0 spiro atoms. The summed E-state index contributed by atoms with van der Waals surface area (Å²) in [6.45, 7) is 2.73. The van der Waals surface area contributed by atoms with Crippen LogP contribution >= 0.6 is 0 Å². The molecule has 114 valence electrons. The molecule has 2 rings (SSSR count). The molecule has 2 fully saturated rings. The van der Waals surface area contributed by atoms with Crippen molar-refractivity contribution < 1.29 is 19.4 Å². The molecule has 1 heterocycles. The van der Waals surface area contributed by atoms with Gasteiger partial charge in [-0.15, -0.1) is 0 Å². The Bertz CT molecular complexity index is 358. The predicted octanol–water partition coefficient (Wildman–Crippen LogP) is 2.05. The number of aliphatic carboxylic acids is 1. The van der Waals surface area contributed by atoms with Crippen LogP contribution in [0.3, 0.4) is 0 Å². The highest BCUT2D eigenvalue weighted by Crippen LogP contribution is 2.26. The summed E-state index contributed by atoms with van der Waals surface area (Å²) < 4.78 is 5.75. The highest BCUT2D eigenvalue weighted by molar-refractivity contribution is 5.84. The number of likely N-dealkylation sites (tertiary alicyclic amines) is 1. The third-order valence-corrected chi connectivity index (χ3v) is 4.56. The summed E-state index contributed by atoms with van der Waals surface area (Å²) >= 11 is 0. The zero-order chi connectivity index (χ0) is 14.5. The average Bonchev–Trinajstić information content (AvgIpc) is 2.46. The second-order valence-corrected chi connectivity index (χ2v) is 6.05. The second kappa shape index (κ2) is 7.07. The van der Waals surface area contributed by atoms with Gasteiger partial charge in [0.2, 0.25) is 5.91 Å². The van der Waals surface area contributed by atoms with Crippen LogP contribution < -0.4 is 0 Å². The van der Waals surface area contributed by atoms with E-state index in [1.165, 1.54) is 11.3 Å². The number of carbonyl (C=O) groups excluding carboxylic acids is 1. The van der Waals surface area contributed by atoms with E-state index in [9.17, 15) is 14.7 Å². The lowest BCUT2D eigenvalue weighted by Crippen LogP contribution is -2.49. The molecule has 0 aromatic carbocycles. The highest BCUT2D eigenvalue weighted by atomic mass is 16.5. The van der Waals surface area contributed by atoms with Gasteiger partial charge in [-0.05, 0) is 38.0 Å². The van der Waals surface area contributed by atoms with Crippen LogP contribution in [0.4, 0.5) is 0 Å². The normalized spacial score (nSPS) is 31.1. The van der Waals surface area contributed by atoms with Crippen molar-refractivity contribution in [3.8, 4) is 0 Å². The molecular formula is C15H25NO4. The van der Waals surface area contributed by atoms with Crippen molar-refractivity contribution in [2.75, 3.05) is 13.2 Å². The smallest absolute Gasteiger partial charge is 0.326 e. The minimum atomic E-state index is -0.899. The largest absolute Gasteiger partial charge is 0.480 e. The summed E-state index contributed by atoms with van der Waals surface area (Å²) in [5.41, 5.74) is 0. The van der Waals surface area contributed by atoms with E-state index >= 15 is 0 Å². The van der Waals surface area contributed by atoms with Crippen LogP contribution in [0.5, 0.6) is 0 Å². The Morgan fingerprint density at radius 2 is 1.85 bits per heavy atom. The summed E-state index contributed by atoms with van der Waals surface area (Å²) in [7, 11) is 0. The summed E-state index contributed by atoms with van der Waals surface area (Å²) in [6.07, 6.45) is 7.03. The Morgan fingerprint density at radius 1 is 1.15 bits per heavy atom. The van der Waals surface area contributed by atoms with Crippen LogP contribution in [-0.4, -0.2) is 47.2 Å². The van der Waals surface area contributed by atoms with Gasteiger partial charge in [0.1, 0.15) is 12.6 Å². The minimum Gasteiger partial charge on any atom is -0.480 e. The van der Waals surface area contributed by atoms with Gasteiger partial charge in [0.15, 0.2) is 0 Å². The molecule has 1 amide bonds. The zero-order valence-corrected chi connectivity index (χ0v) is 12.2. The molecule has 1 saturated carbocycles. The van der Waals surface area contributed by atoms with Crippen molar-refractivity contribution in [2.24, 2.45) is 5.92 Å². The van der Waals surface area contributed by atoms with Crippen molar-refractivity contribution in [1.82, 2.24) is 4.90 Å². The first-order valence-corrected chi connectivity index (χ1v) is 7.73. The van der Waals surface area contributed by atoms with Gasteiger partial charge in [-0.25, -0.2) is 4.79 Å². The van der Waals surface area contributed by atoms with Gasteiger partial charge in [0.05, 0.1) is 6.10 Å². The van der Waals surface area contributed by atoms with E-state index in [0.717, 1.165) is 32.1 Å². The van der Waals surface area contributed by atoms with E-state index < -0.39 is 12.0 Å². The summed E-state index contributed by atoms with van der Waals surface area (Å²) in [5, 5.41) is 9.18. The van der Waals surface area contributed by atoms with E-state index in [-0.39, 0.29) is 18.6 Å². The quantitative estimate of drug-likeness (QED) is 0.857. The second-order valence-electron chi connectivity index (χ2n) is 6.05. The van der Waals surface area contributed by atoms with Crippen molar-refractivity contribution in [3.63, 3.8) is 0 Å². The molecule has 0 aromatic rings. The molecule has 1 saturated heterocycles. The van der Waals surface area contributed by atoms with Crippen LogP contribution in [0.2, 0.25) is 0 Å². The maximum Gasteiger partial charge on any atom is 0.326 e. The summed E-state index contributed by atoms with van der Waals surface area (Å²) in [6, 6.07) is -0.663. The average molecular weight is 283 g/mol. The number of carboxylic acids is 1. The molecule has 5 heteroatoms. The molecule has 0 aromatic heterocycles. The standard InChI is InChI=1S/C15H25NO4/c1-11-6-2-3-8-13(11)20-10-14(17)16-9-5-4-7-12(16)15(18)19/h11-13H,2-10H2,1H3,(H,18,19). The monoisotopic (exact) mass is 283 g/mol. The van der Waals surface area contributed by atoms with Crippen molar-refractivity contribution in [1.29, 1.82) is 0 Å². The Labute approximate surface area is 120 Å². The van der Waals surface area contributed by atoms with Crippen LogP contribution in [-0.2, 0) is 14.3 Å². The van der Waals surface area contributed by atoms with Gasteiger partial charge in [0, 0.05) is 6.54 Å². The molecule has 0 radical (unpaired) electrons. The van der Waals surface area contributed by atoms with Gasteiger partial charge < -0.3 is 14.7 Å². The maximum atomic E-state index is 12.2. The molecule has 1 aliphatic heterocycles. The maximum absolute atomic E-state index is 12.2. The lowest BCUT2D eigenvalue weighted by molar-refractivity contribution is -0.155. The Balaban J connectivity index is 1.85. The number of rotatable bonds is 4. The van der Waals surface area contributed by atoms with Gasteiger partial charge >= 0.3 is 5.97 Å². The Kier molecular flexibility index (Phi) is 5.40. The molecule has 2 aliphatic rings. The predicted molar refractivity (Wildman–Crippen MR) is 74.4 cm³/mol. The highest BCUT2D eigenvalue weighted by Gasteiger charge is 2.32. The number of hydrogen-bond acceptors (Lipinski definition) is 3. The van der Waals surface area contributed by atoms with Gasteiger partial charge in [0.25, 0.3) is 0 Å². The first-order chi connectivity index (χ1) is 9.59. The minimum absolute atomic E-state index is 0.0266. The third kappa shape index (κ3) is 3.72. The van der Waals surface area contributed by atoms with E-state index in [0.29, 0.717) is 18.9 Å². The fraction of sp³-hybridized carbons (Fsp3) is 0.867. The molecule has 5 nitrogen and oxygen atoms in total. The van der Waals surface area contributed by atoms with E-state index in [2.05, 4.69) is 6.92 Å². The van der Waals surface area contributed by atoms with Gasteiger partial charge in [-0.3, -0.25) is 4.79 Å². The Morgan fingerprint density at radius 3 is 2.55 bits per heavy atom. The molecule has 3 unspecified atom stereocenters. The van der Waals surface area contributed by atoms with E-state index in [1.54, 1.807) is 0 Å². The zero-order valence-electron chi connectivity index (χ0n) is 12.2. The summed E-state index contributed by atoms with van der Waals surface area (Å²) in [4.78, 5) is 24.9. The number of nitrogens with zero attached hydrogens (tertiary/aromatic N) is 1. The van der Waals surface area contributed by atoms with Crippen LogP contribution in [0, 0.1) is 5.92 Å². The first-order valence-electron chi connectivity index (χ1n) is 7.73. The first kappa shape index (κ1) is 15.3. The van der Waals surface area contributed by atoms with Crippen LogP contribution in [0.15, 0.2) is 0 Å². The van der Waals surface area contributed by atoms with Gasteiger partial charge in [-0.1, -0.05) is 19.8 Å². The van der Waals surface area contributed by atoms with Crippen molar-refractivity contribution in [3.05, 3.63) is 0 Å². The van der Waals surface area contributed by atoms with Crippen LogP contribution in [0.1, 0.15) is 51.9 Å². The van der Waals surface area contributed by atoms with Crippen LogP contribution in [0.25, 0.3) is 0 Å². The van der Waals surface area contributed by atoms with Crippen molar-refractivity contribution in [2.45, 2.75) is 64.0 Å². The van der Waals surface area contributed by atoms with Gasteiger partial charge in [-0.2, -0.15) is 0 Å². The van der Waals surface area contributed by atoms with E-state index in [4.69, 9.17) is 4.74 Å². The number of carbonyl (C=O) groups is 2. The molecule has 1 aliphatic carbocycles. The summed E-state index contributed by atoms with van der Waals surface area (Å²) in [5.74, 6) is -0.577. The number of carboxylic acid groups (broad SMARTS) is 1. The molecule has 1 N–H and O–H groups in total. The SMILES string of the molecule is CC1CCCCC1OCC(=O)N1CCCCC1C(=O)O. The number of amides is 1. The molecular weight excluding hydrogens is 258 g/mol. The third-order valence-electron chi connectivity index (χ3n) is 4.56. The number of ether oxygens (including phenoxy) is 1. The lowest BCUT2D eigenvalue weighted by atomic mass is 9.88. The fourth-order valence-corrected chi connectivity index (χ4v) is 3.28. The molecule has 3 atom stereocenters. The molecule has 20 heavy (non-hydrogen) atoms. The van der Waals surface area contributed by atoms with Crippen molar-refractivity contribution >= 4 is 11.9 Å². The number of piperidine rings is 1. The molecule has 0 bridgehead atoms. The lowest BCUT2D eigenvalue weighted by Gasteiger charge is -2.34. The number of hydrogen-bond donors (Lipinski definition) is 1.